The van der Waals surface area contributed by atoms with Gasteiger partial charge in [0.15, 0.2) is 0 Å². The zero-order chi connectivity index (χ0) is 15.5. The van der Waals surface area contributed by atoms with E-state index >= 15 is 0 Å². The van der Waals surface area contributed by atoms with Gasteiger partial charge in [-0.1, -0.05) is 6.92 Å². The summed E-state index contributed by atoms with van der Waals surface area (Å²) < 4.78 is 11.3. The second kappa shape index (κ2) is 7.05. The Balaban J connectivity index is 2.00. The van der Waals surface area contributed by atoms with E-state index in [1.807, 2.05) is 18.7 Å². The van der Waals surface area contributed by atoms with Gasteiger partial charge in [0.2, 0.25) is 5.91 Å². The SMILES string of the molecule is CCCNC1COCC1C(=O)N1CC(CO)OC(C)(C)C1. The number of amides is 1. The van der Waals surface area contributed by atoms with Crippen molar-refractivity contribution >= 4 is 5.91 Å². The maximum absolute atomic E-state index is 12.8. The minimum absolute atomic E-state index is 0.0636. The predicted octanol–water partition coefficient (Wildman–Crippen LogP) is -0.000700. The smallest absolute Gasteiger partial charge is 0.229 e. The molecule has 2 saturated heterocycles. The third-order valence-corrected chi connectivity index (χ3v) is 4.05. The summed E-state index contributed by atoms with van der Waals surface area (Å²) >= 11 is 0. The van der Waals surface area contributed by atoms with Crippen LogP contribution in [0.3, 0.4) is 0 Å². The van der Waals surface area contributed by atoms with E-state index in [1.54, 1.807) is 0 Å². The summed E-state index contributed by atoms with van der Waals surface area (Å²) in [6.07, 6.45) is 0.733. The molecule has 2 aliphatic rings. The van der Waals surface area contributed by atoms with Crippen molar-refractivity contribution in [2.75, 3.05) is 39.5 Å². The molecule has 21 heavy (non-hydrogen) atoms. The molecule has 6 nitrogen and oxygen atoms in total. The zero-order valence-corrected chi connectivity index (χ0v) is 13.3. The van der Waals surface area contributed by atoms with Gasteiger partial charge < -0.3 is 24.8 Å². The van der Waals surface area contributed by atoms with Gasteiger partial charge in [-0.25, -0.2) is 0 Å². The van der Waals surface area contributed by atoms with Crippen molar-refractivity contribution in [2.45, 2.75) is 44.9 Å². The Morgan fingerprint density at radius 1 is 1.43 bits per heavy atom. The summed E-state index contributed by atoms with van der Waals surface area (Å²) in [7, 11) is 0. The van der Waals surface area contributed by atoms with Gasteiger partial charge in [0, 0.05) is 19.1 Å². The van der Waals surface area contributed by atoms with E-state index in [0.29, 0.717) is 26.3 Å². The Bertz CT molecular complexity index is 362. The molecule has 3 atom stereocenters. The number of hydrogen-bond acceptors (Lipinski definition) is 5. The Labute approximate surface area is 126 Å². The average Bonchev–Trinajstić information content (AvgIpc) is 2.90. The molecule has 0 bridgehead atoms. The quantitative estimate of drug-likeness (QED) is 0.748. The molecule has 1 amide bonds. The van der Waals surface area contributed by atoms with Crippen LogP contribution in [0, 0.1) is 5.92 Å². The maximum atomic E-state index is 12.8. The molecule has 0 aliphatic carbocycles. The molecule has 0 radical (unpaired) electrons. The van der Waals surface area contributed by atoms with E-state index < -0.39 is 5.60 Å². The average molecular weight is 300 g/mol. The standard InChI is InChI=1S/C15H28N2O4/c1-4-5-16-13-9-20-8-12(13)14(19)17-6-11(7-18)21-15(2,3)10-17/h11-13,16,18H,4-10H2,1-3H3. The van der Waals surface area contributed by atoms with Crippen molar-refractivity contribution in [3.05, 3.63) is 0 Å². The first-order valence-electron chi connectivity index (χ1n) is 7.85. The van der Waals surface area contributed by atoms with Crippen LogP contribution >= 0.6 is 0 Å². The molecule has 2 N–H and O–H groups in total. The summed E-state index contributed by atoms with van der Waals surface area (Å²) in [5.74, 6) is -0.0271. The number of nitrogens with one attached hydrogen (secondary N) is 1. The van der Waals surface area contributed by atoms with Crippen LogP contribution < -0.4 is 5.32 Å². The molecule has 2 rings (SSSR count). The molecule has 3 unspecified atom stereocenters. The highest BCUT2D eigenvalue weighted by atomic mass is 16.5. The molecule has 2 heterocycles. The van der Waals surface area contributed by atoms with Gasteiger partial charge in [0.1, 0.15) is 0 Å². The van der Waals surface area contributed by atoms with Gasteiger partial charge in [0.05, 0.1) is 37.4 Å². The van der Waals surface area contributed by atoms with Crippen LogP contribution in [0.25, 0.3) is 0 Å². The number of rotatable bonds is 5. The second-order valence-electron chi connectivity index (χ2n) is 6.61. The lowest BCUT2D eigenvalue weighted by Gasteiger charge is -2.43. The predicted molar refractivity (Wildman–Crippen MR) is 79.0 cm³/mol. The lowest BCUT2D eigenvalue weighted by atomic mass is 9.98. The van der Waals surface area contributed by atoms with Crippen LogP contribution in [-0.2, 0) is 14.3 Å². The summed E-state index contributed by atoms with van der Waals surface area (Å²) in [6.45, 7) is 8.91. The van der Waals surface area contributed by atoms with E-state index in [-0.39, 0.29) is 30.6 Å². The van der Waals surface area contributed by atoms with Crippen molar-refractivity contribution in [3.63, 3.8) is 0 Å². The lowest BCUT2D eigenvalue weighted by molar-refractivity contribution is -0.170. The first-order valence-corrected chi connectivity index (χ1v) is 7.85. The molecule has 2 aliphatic heterocycles. The summed E-state index contributed by atoms with van der Waals surface area (Å²) in [6, 6.07) is 0.0935. The van der Waals surface area contributed by atoms with E-state index in [2.05, 4.69) is 12.2 Å². The van der Waals surface area contributed by atoms with Gasteiger partial charge in [0.25, 0.3) is 0 Å². The summed E-state index contributed by atoms with van der Waals surface area (Å²) in [5, 5.41) is 12.8. The number of aliphatic hydroxyl groups excluding tert-OH is 1. The number of hydrogen-bond donors (Lipinski definition) is 2. The number of ether oxygens (including phenoxy) is 2. The summed E-state index contributed by atoms with van der Waals surface area (Å²) in [5.41, 5.74) is -0.424. The van der Waals surface area contributed by atoms with Crippen LogP contribution in [0.5, 0.6) is 0 Å². The van der Waals surface area contributed by atoms with E-state index in [4.69, 9.17) is 9.47 Å². The van der Waals surface area contributed by atoms with E-state index in [1.165, 1.54) is 0 Å². The van der Waals surface area contributed by atoms with Crippen molar-refractivity contribution in [3.8, 4) is 0 Å². The Morgan fingerprint density at radius 2 is 2.19 bits per heavy atom. The van der Waals surface area contributed by atoms with Crippen LogP contribution in [0.1, 0.15) is 27.2 Å². The third-order valence-electron chi connectivity index (χ3n) is 4.05. The minimum atomic E-state index is -0.424. The monoisotopic (exact) mass is 300 g/mol. The Hall–Kier alpha value is -0.690. The fraction of sp³-hybridized carbons (Fsp3) is 0.933. The molecule has 0 aromatic heterocycles. The van der Waals surface area contributed by atoms with Crippen LogP contribution in [0.15, 0.2) is 0 Å². The van der Waals surface area contributed by atoms with E-state index in [0.717, 1.165) is 13.0 Å². The second-order valence-corrected chi connectivity index (χ2v) is 6.61. The molecule has 0 aromatic rings. The van der Waals surface area contributed by atoms with E-state index in [9.17, 15) is 9.90 Å². The zero-order valence-electron chi connectivity index (χ0n) is 13.3. The highest BCUT2D eigenvalue weighted by Crippen LogP contribution is 2.24. The van der Waals surface area contributed by atoms with Crippen molar-refractivity contribution < 1.29 is 19.4 Å². The van der Waals surface area contributed by atoms with Crippen LogP contribution in [-0.4, -0.2) is 73.1 Å². The lowest BCUT2D eigenvalue weighted by Crippen LogP contribution is -2.58. The molecule has 6 heteroatoms. The van der Waals surface area contributed by atoms with Crippen LogP contribution in [0.4, 0.5) is 0 Å². The molecule has 0 saturated carbocycles. The highest BCUT2D eigenvalue weighted by Gasteiger charge is 2.41. The normalized spacial score (nSPS) is 32.4. The number of morpholine rings is 1. The van der Waals surface area contributed by atoms with Crippen molar-refractivity contribution in [2.24, 2.45) is 5.92 Å². The Kier molecular flexibility index (Phi) is 5.60. The molecular formula is C15H28N2O4. The van der Waals surface area contributed by atoms with Gasteiger partial charge in [-0.3, -0.25) is 4.79 Å². The van der Waals surface area contributed by atoms with Crippen molar-refractivity contribution in [1.29, 1.82) is 0 Å². The molecule has 0 aromatic carbocycles. The van der Waals surface area contributed by atoms with Crippen LogP contribution in [0.2, 0.25) is 0 Å². The molecule has 2 fully saturated rings. The van der Waals surface area contributed by atoms with Gasteiger partial charge in [-0.15, -0.1) is 0 Å². The number of carbonyl (C=O) groups is 1. The van der Waals surface area contributed by atoms with Gasteiger partial charge >= 0.3 is 0 Å². The number of aliphatic hydroxyl groups is 1. The summed E-state index contributed by atoms with van der Waals surface area (Å²) in [4.78, 5) is 14.6. The minimum Gasteiger partial charge on any atom is -0.394 e. The van der Waals surface area contributed by atoms with Crippen molar-refractivity contribution in [1.82, 2.24) is 10.2 Å². The largest absolute Gasteiger partial charge is 0.394 e. The van der Waals surface area contributed by atoms with Gasteiger partial charge in [-0.05, 0) is 26.8 Å². The highest BCUT2D eigenvalue weighted by molar-refractivity contribution is 5.80. The molecule has 122 valence electrons. The fourth-order valence-corrected chi connectivity index (χ4v) is 3.12. The molecule has 0 spiro atoms. The fourth-order valence-electron chi connectivity index (χ4n) is 3.12. The van der Waals surface area contributed by atoms with Gasteiger partial charge in [-0.2, -0.15) is 0 Å². The topological polar surface area (TPSA) is 71.0 Å². The molecular weight excluding hydrogens is 272 g/mol. The first-order chi connectivity index (χ1) is 9.96. The number of nitrogens with zero attached hydrogens (tertiary/aromatic N) is 1. The number of carbonyl (C=O) groups excluding carboxylic acids is 1. The maximum Gasteiger partial charge on any atom is 0.229 e. The first kappa shape index (κ1) is 16.7. The third kappa shape index (κ3) is 4.16. The Morgan fingerprint density at radius 3 is 2.86 bits per heavy atom.